The van der Waals surface area contributed by atoms with E-state index >= 15 is 0 Å². The zero-order chi connectivity index (χ0) is 25.2. The Morgan fingerprint density at radius 2 is 1.85 bits per heavy atom. The number of nitrogens with zero attached hydrogens (tertiary/aromatic N) is 1. The lowest BCUT2D eigenvalue weighted by atomic mass is 10.0. The van der Waals surface area contributed by atoms with Gasteiger partial charge in [-0.3, -0.25) is 9.35 Å². The Hall–Kier alpha value is -2.13. The van der Waals surface area contributed by atoms with E-state index in [4.69, 9.17) is 18.8 Å². The van der Waals surface area contributed by atoms with E-state index < -0.39 is 70.1 Å². The van der Waals surface area contributed by atoms with Crippen LogP contribution in [0.25, 0.3) is 0 Å². The van der Waals surface area contributed by atoms with Gasteiger partial charge < -0.3 is 23.8 Å². The second-order valence-corrected chi connectivity index (χ2v) is 9.88. The van der Waals surface area contributed by atoms with Gasteiger partial charge in [-0.1, -0.05) is 6.92 Å². The van der Waals surface area contributed by atoms with Gasteiger partial charge in [-0.25, -0.2) is 9.59 Å². The number of alkyl halides is 3. The highest BCUT2D eigenvalue weighted by molar-refractivity contribution is 7.85. The summed E-state index contributed by atoms with van der Waals surface area (Å²) in [5.41, 5.74) is -0.669. The summed E-state index contributed by atoms with van der Waals surface area (Å²) in [4.78, 5) is 37.7. The van der Waals surface area contributed by atoms with Gasteiger partial charge in [-0.05, 0) is 20.3 Å². The number of esters is 2. The summed E-state index contributed by atoms with van der Waals surface area (Å²) in [6.07, 6.45) is -10.8. The minimum atomic E-state index is -5.27. The third-order valence-corrected chi connectivity index (χ3v) is 5.98. The van der Waals surface area contributed by atoms with Crippen molar-refractivity contribution in [2.75, 3.05) is 18.8 Å². The van der Waals surface area contributed by atoms with Crippen LogP contribution in [0.5, 0.6) is 0 Å². The predicted octanol–water partition coefficient (Wildman–Crippen LogP) is 1.80. The molecule has 0 aliphatic carbocycles. The Morgan fingerprint density at radius 1 is 1.27 bits per heavy atom. The highest BCUT2D eigenvalue weighted by Gasteiger charge is 2.52. The number of hydrogen-bond acceptors (Lipinski definition) is 9. The Kier molecular flexibility index (Phi) is 7.91. The Labute approximate surface area is 188 Å². The molecule has 2 heterocycles. The Morgan fingerprint density at radius 3 is 2.33 bits per heavy atom. The molecule has 2 atom stereocenters. The molecule has 0 aromatic heterocycles. The molecule has 0 radical (unpaired) electrons. The molecular weight excluding hydrogens is 479 g/mol. The van der Waals surface area contributed by atoms with Crippen molar-refractivity contribution in [3.8, 4) is 0 Å². The number of hydrogen-bond donors (Lipinski definition) is 1. The van der Waals surface area contributed by atoms with Gasteiger partial charge in [0.05, 0.1) is 6.42 Å². The van der Waals surface area contributed by atoms with Crippen LogP contribution in [0.1, 0.15) is 46.5 Å². The molecule has 0 aromatic carbocycles. The summed E-state index contributed by atoms with van der Waals surface area (Å²) in [5, 5.41) is 0. The van der Waals surface area contributed by atoms with Crippen molar-refractivity contribution in [1.29, 1.82) is 0 Å². The molecular formula is C18H26F3NO10S. The van der Waals surface area contributed by atoms with Crippen LogP contribution in [0.3, 0.4) is 0 Å². The lowest BCUT2D eigenvalue weighted by Gasteiger charge is -2.37. The Balaban J connectivity index is 1.93. The van der Waals surface area contributed by atoms with E-state index in [9.17, 15) is 36.0 Å². The van der Waals surface area contributed by atoms with E-state index in [0.29, 0.717) is 6.42 Å². The van der Waals surface area contributed by atoms with Crippen molar-refractivity contribution in [3.63, 3.8) is 0 Å². The molecule has 11 nitrogen and oxygen atoms in total. The first-order chi connectivity index (χ1) is 15.0. The molecule has 2 saturated heterocycles. The van der Waals surface area contributed by atoms with Crippen LogP contribution < -0.4 is 0 Å². The van der Waals surface area contributed by atoms with Crippen LogP contribution in [-0.2, 0) is 38.7 Å². The molecule has 15 heteroatoms. The summed E-state index contributed by atoms with van der Waals surface area (Å²) in [6.45, 7) is 5.57. The van der Waals surface area contributed by atoms with E-state index in [1.807, 2.05) is 6.92 Å². The maximum absolute atomic E-state index is 12.9. The van der Waals surface area contributed by atoms with Gasteiger partial charge in [-0.2, -0.15) is 21.6 Å². The normalized spacial score (nSPS) is 22.1. The molecule has 1 spiro atoms. The fraction of sp³-hybridized carbons (Fsp3) is 0.833. The first kappa shape index (κ1) is 27.1. The van der Waals surface area contributed by atoms with E-state index in [-0.39, 0.29) is 25.9 Å². The van der Waals surface area contributed by atoms with E-state index in [1.165, 1.54) is 4.90 Å². The van der Waals surface area contributed by atoms with Crippen LogP contribution in [0.2, 0.25) is 0 Å². The number of halogens is 3. The molecule has 0 bridgehead atoms. The molecule has 0 aromatic rings. The first-order valence-corrected chi connectivity index (χ1v) is 11.7. The number of piperidine rings is 1. The zero-order valence-corrected chi connectivity index (χ0v) is 19.0. The molecule has 33 heavy (non-hydrogen) atoms. The van der Waals surface area contributed by atoms with E-state index in [2.05, 4.69) is 4.74 Å². The third-order valence-electron chi connectivity index (χ3n) is 5.26. The average Bonchev–Trinajstić information content (AvgIpc) is 2.94. The van der Waals surface area contributed by atoms with Gasteiger partial charge in [0.15, 0.2) is 6.10 Å². The second kappa shape index (κ2) is 9.62. The largest absolute Gasteiger partial charge is 0.451 e. The van der Waals surface area contributed by atoms with E-state index in [1.54, 1.807) is 13.8 Å². The lowest BCUT2D eigenvalue weighted by molar-refractivity contribution is -0.218. The van der Waals surface area contributed by atoms with Crippen LogP contribution in [0, 0.1) is 0 Å². The van der Waals surface area contributed by atoms with Crippen molar-refractivity contribution in [3.05, 3.63) is 0 Å². The fourth-order valence-corrected chi connectivity index (χ4v) is 3.71. The van der Waals surface area contributed by atoms with Gasteiger partial charge in [0.25, 0.3) is 10.1 Å². The number of carbonyl (C=O) groups is 3. The van der Waals surface area contributed by atoms with Crippen molar-refractivity contribution in [1.82, 2.24) is 4.90 Å². The Bertz CT molecular complexity index is 865. The van der Waals surface area contributed by atoms with Gasteiger partial charge in [0.2, 0.25) is 11.9 Å². The highest BCUT2D eigenvalue weighted by atomic mass is 32.2. The summed E-state index contributed by atoms with van der Waals surface area (Å²) in [7, 11) is -5.10. The molecule has 2 aliphatic rings. The second-order valence-electron chi connectivity index (χ2n) is 8.38. The monoisotopic (exact) mass is 505 g/mol. The van der Waals surface area contributed by atoms with Gasteiger partial charge in [0.1, 0.15) is 11.4 Å². The molecule has 190 valence electrons. The minimum Gasteiger partial charge on any atom is -0.451 e. The van der Waals surface area contributed by atoms with Crippen LogP contribution in [-0.4, -0.2) is 84.5 Å². The SMILES string of the molecule is CCC(C)(C)OC(=O)N1CCC2(CC1)OC(=O)C(CC(=O)OC(CS(=O)(=O)O)C(F)(F)F)O2. The molecule has 2 rings (SSSR count). The standard InChI is InChI=1S/C18H26F3NO10S/c1-4-16(2,3)32-15(25)22-7-5-17(6-8-22)30-11(14(24)31-17)9-13(23)29-12(18(19,20)21)10-33(26,27)28/h11-12H,4-10H2,1-3H3,(H,26,27,28). The van der Waals surface area contributed by atoms with Gasteiger partial charge in [-0.15, -0.1) is 0 Å². The molecule has 2 aliphatic heterocycles. The topological polar surface area (TPSA) is 146 Å². The van der Waals surface area contributed by atoms with Crippen molar-refractivity contribution in [2.45, 2.75) is 76.2 Å². The summed E-state index contributed by atoms with van der Waals surface area (Å²) in [6, 6.07) is 0. The zero-order valence-electron chi connectivity index (χ0n) is 18.2. The average molecular weight is 505 g/mol. The fourth-order valence-electron chi connectivity index (χ4n) is 3.07. The van der Waals surface area contributed by atoms with Gasteiger partial charge in [0, 0.05) is 25.9 Å². The lowest BCUT2D eigenvalue weighted by Crippen LogP contribution is -2.49. The van der Waals surface area contributed by atoms with Crippen molar-refractivity contribution < 1.29 is 59.5 Å². The molecule has 0 saturated carbocycles. The number of ether oxygens (including phenoxy) is 4. The van der Waals surface area contributed by atoms with Crippen LogP contribution in [0.4, 0.5) is 18.0 Å². The first-order valence-electron chi connectivity index (χ1n) is 10.1. The third kappa shape index (κ3) is 7.71. The maximum Gasteiger partial charge on any atom is 0.426 e. The number of amides is 1. The van der Waals surface area contributed by atoms with Gasteiger partial charge >= 0.3 is 24.2 Å². The van der Waals surface area contributed by atoms with Crippen molar-refractivity contribution >= 4 is 28.1 Å². The molecule has 1 N–H and O–H groups in total. The summed E-state index contributed by atoms with van der Waals surface area (Å²) >= 11 is 0. The number of rotatable bonds is 7. The van der Waals surface area contributed by atoms with Crippen LogP contribution in [0.15, 0.2) is 0 Å². The predicted molar refractivity (Wildman–Crippen MR) is 102 cm³/mol. The molecule has 2 unspecified atom stereocenters. The summed E-state index contributed by atoms with van der Waals surface area (Å²) < 4.78 is 89.1. The van der Waals surface area contributed by atoms with Crippen LogP contribution >= 0.6 is 0 Å². The highest BCUT2D eigenvalue weighted by Crippen LogP contribution is 2.36. The molecule has 2 fully saturated rings. The van der Waals surface area contributed by atoms with E-state index in [0.717, 1.165) is 0 Å². The number of likely N-dealkylation sites (tertiary alicyclic amines) is 1. The quantitative estimate of drug-likeness (QED) is 0.309. The number of carbonyl (C=O) groups excluding carboxylic acids is 3. The smallest absolute Gasteiger partial charge is 0.426 e. The maximum atomic E-state index is 12.9. The summed E-state index contributed by atoms with van der Waals surface area (Å²) in [5.74, 6) is -5.92. The minimum absolute atomic E-state index is 0.0415. The molecule has 1 amide bonds. The van der Waals surface area contributed by atoms with Crippen molar-refractivity contribution in [2.24, 2.45) is 0 Å².